The molecule has 3 nitrogen and oxygen atoms in total. The summed E-state index contributed by atoms with van der Waals surface area (Å²) in [4.78, 5) is 0. The quantitative estimate of drug-likeness (QED) is 0.367. The molecule has 1 unspecified atom stereocenters. The van der Waals surface area contributed by atoms with Crippen LogP contribution in [-0.4, -0.2) is 26.6 Å². The maximum Gasteiger partial charge on any atom is 0.192 e. The van der Waals surface area contributed by atoms with E-state index in [1.54, 1.807) is 0 Å². The maximum absolute atomic E-state index is 9.95. The molecule has 1 atom stereocenters. The predicted octanol–water partition coefficient (Wildman–Crippen LogP) is 6.66. The van der Waals surface area contributed by atoms with Crippen molar-refractivity contribution in [3.8, 4) is 6.07 Å². The van der Waals surface area contributed by atoms with Crippen molar-refractivity contribution >= 4 is 8.32 Å². The minimum absolute atomic E-state index is 0.153. The molecule has 32 heavy (non-hydrogen) atoms. The highest BCUT2D eigenvalue weighted by molar-refractivity contribution is 6.74. The van der Waals surface area contributed by atoms with Crippen LogP contribution in [0.3, 0.4) is 0 Å². The second-order valence-corrected chi connectivity index (χ2v) is 15.0. The Bertz CT molecular complexity index is 869. The molecule has 0 fully saturated rings. The smallest absolute Gasteiger partial charge is 0.192 e. The second kappa shape index (κ2) is 11.3. The highest BCUT2D eigenvalue weighted by atomic mass is 28.4. The molecule has 0 amide bonds. The van der Waals surface area contributed by atoms with Crippen molar-refractivity contribution in [3.63, 3.8) is 0 Å². The first-order valence-electron chi connectivity index (χ1n) is 11.9. The van der Waals surface area contributed by atoms with E-state index in [1.807, 2.05) is 30.3 Å². The number of nitrogens with zero attached hydrogens (tertiary/aromatic N) is 1. The normalized spacial score (nSPS) is 14.2. The molecule has 0 heterocycles. The molecule has 0 radical (unpaired) electrons. The van der Waals surface area contributed by atoms with E-state index in [0.29, 0.717) is 12.3 Å². The highest BCUT2D eigenvalue weighted by Crippen LogP contribution is 2.44. The van der Waals surface area contributed by atoms with E-state index >= 15 is 0 Å². The van der Waals surface area contributed by atoms with Gasteiger partial charge >= 0.3 is 0 Å². The Labute approximate surface area is 196 Å². The fourth-order valence-corrected chi connectivity index (χ4v) is 6.37. The van der Waals surface area contributed by atoms with Gasteiger partial charge in [0.05, 0.1) is 12.7 Å². The van der Waals surface area contributed by atoms with Gasteiger partial charge in [-0.3, -0.25) is 0 Å². The zero-order chi connectivity index (χ0) is 23.8. The lowest BCUT2D eigenvalue weighted by Gasteiger charge is -2.42. The third kappa shape index (κ3) is 6.31. The minimum Gasteiger partial charge on any atom is -0.416 e. The van der Waals surface area contributed by atoms with Crippen molar-refractivity contribution in [2.75, 3.05) is 13.2 Å². The number of nitriles is 1. The molecule has 0 saturated heterocycles. The van der Waals surface area contributed by atoms with Crippen LogP contribution in [0.15, 0.2) is 54.6 Å². The van der Waals surface area contributed by atoms with Gasteiger partial charge < -0.3 is 9.53 Å². The van der Waals surface area contributed by atoms with Crippen molar-refractivity contribution in [3.05, 3.63) is 71.3 Å². The van der Waals surface area contributed by atoms with Crippen LogP contribution >= 0.6 is 0 Å². The van der Waals surface area contributed by atoms with Gasteiger partial charge in [-0.2, -0.15) is 5.26 Å². The fourth-order valence-electron chi connectivity index (χ4n) is 4.00. The molecule has 0 saturated carbocycles. The van der Waals surface area contributed by atoms with Crippen LogP contribution in [0, 0.1) is 17.2 Å². The van der Waals surface area contributed by atoms with Gasteiger partial charge in [-0.05, 0) is 66.4 Å². The van der Waals surface area contributed by atoms with E-state index in [4.69, 9.17) is 4.43 Å². The number of rotatable bonds is 12. The standard InChI is InChI=1S/C28H41NO2Si/c1-23(2)27(3,4)32(5,6)31-20-18-25-16-14-24(15-17-25)11-10-19-28(21-29,22-30)26-12-8-7-9-13-26/h7-9,12-17,23,30H,10-11,18-20,22H2,1-6H3. The molecule has 0 aliphatic carbocycles. The molecule has 2 aromatic rings. The van der Waals surface area contributed by atoms with Crippen LogP contribution in [0.5, 0.6) is 0 Å². The highest BCUT2D eigenvalue weighted by Gasteiger charge is 2.43. The third-order valence-electron chi connectivity index (χ3n) is 7.75. The van der Waals surface area contributed by atoms with Crippen molar-refractivity contribution in [1.82, 2.24) is 0 Å². The van der Waals surface area contributed by atoms with Gasteiger partial charge in [0.25, 0.3) is 0 Å². The molecule has 2 aromatic carbocycles. The largest absolute Gasteiger partial charge is 0.416 e. The Balaban J connectivity index is 1.87. The first-order valence-corrected chi connectivity index (χ1v) is 14.8. The van der Waals surface area contributed by atoms with Crippen molar-refractivity contribution in [1.29, 1.82) is 5.26 Å². The lowest BCUT2D eigenvalue weighted by Crippen LogP contribution is -2.45. The summed E-state index contributed by atoms with van der Waals surface area (Å²) in [6.07, 6.45) is 3.33. The van der Waals surface area contributed by atoms with E-state index < -0.39 is 13.7 Å². The Morgan fingerprint density at radius 2 is 1.53 bits per heavy atom. The van der Waals surface area contributed by atoms with Crippen LogP contribution < -0.4 is 0 Å². The van der Waals surface area contributed by atoms with Crippen LogP contribution in [-0.2, 0) is 22.7 Å². The summed E-state index contributed by atoms with van der Waals surface area (Å²) in [6, 6.07) is 20.8. The molecule has 0 aliphatic rings. The van der Waals surface area contributed by atoms with Gasteiger partial charge in [-0.25, -0.2) is 0 Å². The topological polar surface area (TPSA) is 53.2 Å². The summed E-state index contributed by atoms with van der Waals surface area (Å²) in [6.45, 7) is 14.5. The Kier molecular flexibility index (Phi) is 9.27. The number of aliphatic hydroxyl groups excluding tert-OH is 1. The van der Waals surface area contributed by atoms with E-state index in [9.17, 15) is 10.4 Å². The fraction of sp³-hybridized carbons (Fsp3) is 0.536. The summed E-state index contributed by atoms with van der Waals surface area (Å²) in [7, 11) is -1.78. The van der Waals surface area contributed by atoms with Gasteiger partial charge in [0.2, 0.25) is 0 Å². The Hall–Kier alpha value is -1.93. The van der Waals surface area contributed by atoms with Gasteiger partial charge in [0, 0.05) is 6.61 Å². The molecular formula is C28H41NO2Si. The maximum atomic E-state index is 9.95. The summed E-state index contributed by atoms with van der Waals surface area (Å²) >= 11 is 0. The second-order valence-electron chi connectivity index (χ2n) is 10.4. The van der Waals surface area contributed by atoms with E-state index in [2.05, 4.69) is 71.1 Å². The van der Waals surface area contributed by atoms with Crippen molar-refractivity contribution < 1.29 is 9.53 Å². The molecule has 0 spiro atoms. The summed E-state index contributed by atoms with van der Waals surface area (Å²) in [5.41, 5.74) is 2.64. The predicted molar refractivity (Wildman–Crippen MR) is 136 cm³/mol. The lowest BCUT2D eigenvalue weighted by molar-refractivity contribution is 0.219. The molecule has 2 rings (SSSR count). The number of aliphatic hydroxyl groups is 1. The molecule has 0 aliphatic heterocycles. The zero-order valence-electron chi connectivity index (χ0n) is 20.8. The minimum atomic E-state index is -1.78. The third-order valence-corrected chi connectivity index (χ3v) is 12.4. The summed E-state index contributed by atoms with van der Waals surface area (Å²) < 4.78 is 6.44. The Morgan fingerprint density at radius 1 is 0.969 bits per heavy atom. The molecule has 1 N–H and O–H groups in total. The summed E-state index contributed by atoms with van der Waals surface area (Å²) in [5.74, 6) is 0.607. The molecule has 174 valence electrons. The van der Waals surface area contributed by atoms with E-state index in [0.717, 1.165) is 31.4 Å². The number of hydrogen-bond acceptors (Lipinski definition) is 3. The average molecular weight is 452 g/mol. The van der Waals surface area contributed by atoms with Gasteiger partial charge in [-0.15, -0.1) is 0 Å². The number of benzene rings is 2. The Morgan fingerprint density at radius 3 is 2.03 bits per heavy atom. The van der Waals surface area contributed by atoms with Crippen LogP contribution in [0.2, 0.25) is 18.1 Å². The molecular weight excluding hydrogens is 410 g/mol. The van der Waals surface area contributed by atoms with E-state index in [1.165, 1.54) is 11.1 Å². The first-order chi connectivity index (χ1) is 15.1. The summed E-state index contributed by atoms with van der Waals surface area (Å²) in [5, 5.41) is 20.0. The number of aryl methyl sites for hydroxylation is 1. The molecule has 4 heteroatoms. The molecule has 0 aromatic heterocycles. The van der Waals surface area contributed by atoms with Crippen LogP contribution in [0.1, 0.15) is 57.2 Å². The van der Waals surface area contributed by atoms with Crippen molar-refractivity contribution in [2.45, 2.75) is 76.9 Å². The average Bonchev–Trinajstić information content (AvgIpc) is 2.78. The van der Waals surface area contributed by atoms with Gasteiger partial charge in [0.1, 0.15) is 5.41 Å². The van der Waals surface area contributed by atoms with Crippen LogP contribution in [0.4, 0.5) is 0 Å². The van der Waals surface area contributed by atoms with Crippen LogP contribution in [0.25, 0.3) is 0 Å². The van der Waals surface area contributed by atoms with Gasteiger partial charge in [0.15, 0.2) is 8.32 Å². The first kappa shape index (κ1) is 26.3. The monoisotopic (exact) mass is 451 g/mol. The van der Waals surface area contributed by atoms with E-state index in [-0.39, 0.29) is 11.6 Å². The zero-order valence-corrected chi connectivity index (χ0v) is 21.8. The van der Waals surface area contributed by atoms with Gasteiger partial charge in [-0.1, -0.05) is 82.3 Å². The lowest BCUT2D eigenvalue weighted by atomic mass is 9.78. The number of hydrogen-bond donors (Lipinski definition) is 1. The SMILES string of the molecule is CC(C)C(C)(C)[Si](C)(C)OCCc1ccc(CCCC(C#N)(CO)c2ccccc2)cc1. The molecule has 0 bridgehead atoms. The van der Waals surface area contributed by atoms with Crippen molar-refractivity contribution in [2.24, 2.45) is 5.92 Å².